The predicted molar refractivity (Wildman–Crippen MR) is 158 cm³/mol. The molecule has 0 saturated heterocycles. The van der Waals surface area contributed by atoms with Crippen molar-refractivity contribution in [1.82, 2.24) is 0 Å². The number of thiophene rings is 1. The van der Waals surface area contributed by atoms with Gasteiger partial charge in [-0.2, -0.15) is 0 Å². The SMILES string of the molecule is CC(C)(C)[C@@H]1CCc2c(sc(NS(=O)(=O)c3cccc4cccc(Cl)c34)c2C(=O)Nc2ccc(Cl)cc2)C1. The first-order valence-electron chi connectivity index (χ1n) is 12.4. The van der Waals surface area contributed by atoms with E-state index in [1.807, 2.05) is 12.1 Å². The van der Waals surface area contributed by atoms with Crippen LogP contribution in [0.2, 0.25) is 10.0 Å². The van der Waals surface area contributed by atoms with Gasteiger partial charge in [-0.3, -0.25) is 9.52 Å². The highest BCUT2D eigenvalue weighted by molar-refractivity contribution is 7.93. The van der Waals surface area contributed by atoms with Crippen LogP contribution in [0.25, 0.3) is 10.8 Å². The molecule has 1 aliphatic carbocycles. The second-order valence-electron chi connectivity index (χ2n) is 10.7. The Morgan fingerprint density at radius 2 is 1.68 bits per heavy atom. The van der Waals surface area contributed by atoms with Crippen molar-refractivity contribution in [2.24, 2.45) is 11.3 Å². The van der Waals surface area contributed by atoms with Gasteiger partial charge in [0.2, 0.25) is 0 Å². The van der Waals surface area contributed by atoms with E-state index < -0.39 is 10.0 Å². The molecule has 3 aromatic carbocycles. The molecule has 38 heavy (non-hydrogen) atoms. The molecule has 5 nitrogen and oxygen atoms in total. The number of benzene rings is 3. The molecule has 2 N–H and O–H groups in total. The van der Waals surface area contributed by atoms with E-state index in [1.54, 1.807) is 42.5 Å². The van der Waals surface area contributed by atoms with Crippen LogP contribution in [0.15, 0.2) is 65.6 Å². The Kier molecular flexibility index (Phi) is 7.24. The molecule has 5 rings (SSSR count). The van der Waals surface area contributed by atoms with Gasteiger partial charge in [0.1, 0.15) is 5.00 Å². The Hall–Kier alpha value is -2.58. The summed E-state index contributed by atoms with van der Waals surface area (Å²) in [5.74, 6) is 0.0786. The summed E-state index contributed by atoms with van der Waals surface area (Å²) in [6.45, 7) is 6.66. The van der Waals surface area contributed by atoms with Crippen LogP contribution in [-0.2, 0) is 22.9 Å². The zero-order valence-corrected chi connectivity index (χ0v) is 24.4. The Labute approximate surface area is 237 Å². The minimum absolute atomic E-state index is 0.0728. The molecule has 0 saturated carbocycles. The molecule has 1 atom stereocenters. The Balaban J connectivity index is 1.58. The fourth-order valence-corrected chi connectivity index (χ4v) is 8.38. The number of amides is 1. The molecule has 0 aliphatic heterocycles. The number of carbonyl (C=O) groups excluding carboxylic acids is 1. The van der Waals surface area contributed by atoms with E-state index in [2.05, 4.69) is 30.8 Å². The van der Waals surface area contributed by atoms with Crippen molar-refractivity contribution >= 4 is 71.9 Å². The highest BCUT2D eigenvalue weighted by atomic mass is 35.5. The van der Waals surface area contributed by atoms with Crippen LogP contribution >= 0.6 is 34.5 Å². The largest absolute Gasteiger partial charge is 0.322 e. The van der Waals surface area contributed by atoms with Crippen LogP contribution < -0.4 is 10.0 Å². The maximum absolute atomic E-state index is 13.8. The smallest absolute Gasteiger partial charge is 0.263 e. The van der Waals surface area contributed by atoms with Crippen molar-refractivity contribution in [2.45, 2.75) is 44.9 Å². The molecule has 1 aliphatic rings. The molecule has 1 amide bonds. The van der Waals surface area contributed by atoms with E-state index in [9.17, 15) is 13.2 Å². The van der Waals surface area contributed by atoms with Gasteiger partial charge >= 0.3 is 0 Å². The van der Waals surface area contributed by atoms with Gasteiger partial charge in [-0.05, 0) is 77.9 Å². The topological polar surface area (TPSA) is 75.3 Å². The van der Waals surface area contributed by atoms with Crippen molar-refractivity contribution < 1.29 is 13.2 Å². The van der Waals surface area contributed by atoms with E-state index in [0.29, 0.717) is 44.0 Å². The normalized spacial score (nSPS) is 15.8. The molecule has 0 unspecified atom stereocenters. The average Bonchev–Trinajstić information content (AvgIpc) is 3.21. The highest BCUT2D eigenvalue weighted by Gasteiger charge is 2.35. The van der Waals surface area contributed by atoms with Gasteiger partial charge in [-0.1, -0.05) is 68.2 Å². The molecular weight excluding hydrogens is 559 g/mol. The van der Waals surface area contributed by atoms with Gasteiger partial charge < -0.3 is 5.32 Å². The van der Waals surface area contributed by atoms with Crippen molar-refractivity contribution in [2.75, 3.05) is 10.0 Å². The minimum atomic E-state index is -4.06. The summed E-state index contributed by atoms with van der Waals surface area (Å²) in [5.41, 5.74) is 1.97. The lowest BCUT2D eigenvalue weighted by Crippen LogP contribution is -2.27. The maximum atomic E-state index is 13.8. The van der Waals surface area contributed by atoms with Crippen LogP contribution in [0, 0.1) is 11.3 Å². The molecule has 0 fully saturated rings. The number of halogens is 2. The molecule has 9 heteroatoms. The number of rotatable bonds is 5. The summed E-state index contributed by atoms with van der Waals surface area (Å²) in [7, 11) is -4.06. The van der Waals surface area contributed by atoms with Crippen LogP contribution in [0.3, 0.4) is 0 Å². The summed E-state index contributed by atoms with van der Waals surface area (Å²) in [6.07, 6.45) is 2.44. The second kappa shape index (κ2) is 10.2. The minimum Gasteiger partial charge on any atom is -0.322 e. The van der Waals surface area contributed by atoms with Crippen LogP contribution in [0.1, 0.15) is 48.0 Å². The monoisotopic (exact) mass is 586 g/mol. The third-order valence-corrected chi connectivity index (χ3v) is 10.4. The van der Waals surface area contributed by atoms with Crippen molar-refractivity contribution in [1.29, 1.82) is 0 Å². The molecule has 1 heterocycles. The molecule has 0 spiro atoms. The Morgan fingerprint density at radius 3 is 2.37 bits per heavy atom. The van der Waals surface area contributed by atoms with Crippen molar-refractivity contribution in [3.8, 4) is 0 Å². The molecule has 1 aromatic heterocycles. The summed E-state index contributed by atoms with van der Waals surface area (Å²) in [4.78, 5) is 14.7. The molecule has 198 valence electrons. The third kappa shape index (κ3) is 5.30. The first kappa shape index (κ1) is 27.0. The zero-order valence-electron chi connectivity index (χ0n) is 21.3. The molecule has 4 aromatic rings. The molecule has 0 radical (unpaired) electrons. The van der Waals surface area contributed by atoms with Gasteiger partial charge in [-0.15, -0.1) is 11.3 Å². The fourth-order valence-electron chi connectivity index (χ4n) is 5.03. The Bertz CT molecular complexity index is 1630. The van der Waals surface area contributed by atoms with Gasteiger partial charge in [0, 0.05) is 26.0 Å². The van der Waals surface area contributed by atoms with Crippen LogP contribution in [0.4, 0.5) is 10.7 Å². The van der Waals surface area contributed by atoms with E-state index >= 15 is 0 Å². The lowest BCUT2D eigenvalue weighted by Gasteiger charge is -2.33. The first-order valence-corrected chi connectivity index (χ1v) is 15.4. The van der Waals surface area contributed by atoms with Crippen LogP contribution in [0.5, 0.6) is 0 Å². The lowest BCUT2D eigenvalue weighted by molar-refractivity contribution is 0.102. The predicted octanol–water partition coefficient (Wildman–Crippen LogP) is 8.41. The third-order valence-electron chi connectivity index (χ3n) is 7.15. The number of carbonyl (C=O) groups is 1. The zero-order chi connectivity index (χ0) is 27.2. The summed E-state index contributed by atoms with van der Waals surface area (Å²) < 4.78 is 30.3. The van der Waals surface area contributed by atoms with Gasteiger partial charge in [-0.25, -0.2) is 8.42 Å². The van der Waals surface area contributed by atoms with Gasteiger partial charge in [0.05, 0.1) is 10.5 Å². The van der Waals surface area contributed by atoms with E-state index in [4.69, 9.17) is 23.2 Å². The number of hydrogen-bond donors (Lipinski definition) is 2. The lowest BCUT2D eigenvalue weighted by atomic mass is 9.72. The van der Waals surface area contributed by atoms with Crippen molar-refractivity contribution in [3.05, 3.63) is 86.7 Å². The van der Waals surface area contributed by atoms with Crippen LogP contribution in [-0.4, -0.2) is 14.3 Å². The summed E-state index contributed by atoms with van der Waals surface area (Å²) in [6, 6.07) is 17.2. The molecular formula is C29H28Cl2N2O3S2. The number of nitrogens with one attached hydrogen (secondary N) is 2. The summed E-state index contributed by atoms with van der Waals surface area (Å²) >= 11 is 13.8. The summed E-state index contributed by atoms with van der Waals surface area (Å²) in [5, 5.41) is 5.32. The van der Waals surface area contributed by atoms with Crippen molar-refractivity contribution in [3.63, 3.8) is 0 Å². The number of anilines is 2. The van der Waals surface area contributed by atoms with E-state index in [-0.39, 0.29) is 16.2 Å². The highest BCUT2D eigenvalue weighted by Crippen LogP contribution is 2.45. The maximum Gasteiger partial charge on any atom is 0.263 e. The number of hydrogen-bond acceptors (Lipinski definition) is 4. The molecule has 0 bridgehead atoms. The van der Waals surface area contributed by atoms with E-state index in [0.717, 1.165) is 28.7 Å². The number of sulfonamides is 1. The van der Waals surface area contributed by atoms with Gasteiger partial charge in [0.15, 0.2) is 0 Å². The average molecular weight is 588 g/mol. The number of fused-ring (bicyclic) bond motifs is 2. The second-order valence-corrected chi connectivity index (χ2v) is 14.3. The van der Waals surface area contributed by atoms with Gasteiger partial charge in [0.25, 0.3) is 15.9 Å². The fraction of sp³-hybridized carbons (Fsp3) is 0.276. The Morgan fingerprint density at radius 1 is 1.00 bits per heavy atom. The quantitative estimate of drug-likeness (QED) is 0.246. The first-order chi connectivity index (χ1) is 17.9. The van der Waals surface area contributed by atoms with E-state index in [1.165, 1.54) is 17.4 Å². The standard InChI is InChI=1S/C29H28Cl2N2O3S2/c1-29(2,3)18-10-15-21-23(16-18)37-28(26(21)27(34)32-20-13-11-19(30)12-14-20)33-38(35,36)24-9-5-7-17-6-4-8-22(31)25(17)24/h4-9,11-14,18,33H,10,15-16H2,1-3H3,(H,32,34)/t18-/m1/s1.